The van der Waals surface area contributed by atoms with Gasteiger partial charge in [-0.05, 0) is 48.5 Å². The van der Waals surface area contributed by atoms with Crippen molar-refractivity contribution in [3.05, 3.63) is 82.5 Å². The first-order chi connectivity index (χ1) is 13.2. The van der Waals surface area contributed by atoms with Gasteiger partial charge < -0.3 is 13.9 Å². The molecule has 0 unspecified atom stereocenters. The maximum atomic E-state index is 12.5. The maximum Gasteiger partial charge on any atom is 0.200 e. The van der Waals surface area contributed by atoms with Gasteiger partial charge in [-0.15, -0.1) is 0 Å². The summed E-state index contributed by atoms with van der Waals surface area (Å²) in [6.45, 7) is -0.115. The molecule has 0 amide bonds. The molecule has 0 saturated carbocycles. The van der Waals surface area contributed by atoms with Crippen LogP contribution in [-0.4, -0.2) is 19.5 Å². The number of carbonyl (C=O) groups is 1. The van der Waals surface area contributed by atoms with Gasteiger partial charge in [-0.1, -0.05) is 12.1 Å². The first kappa shape index (κ1) is 16.8. The summed E-state index contributed by atoms with van der Waals surface area (Å²) in [7, 11) is 1.57. The number of Topliss-reactive ketones (excluding diaryl/α,β-unsaturated/α-hetero) is 1. The van der Waals surface area contributed by atoms with Crippen molar-refractivity contribution in [2.75, 3.05) is 13.7 Å². The third-order valence-electron chi connectivity index (χ3n) is 4.33. The summed E-state index contributed by atoms with van der Waals surface area (Å²) in [5, 5.41) is 1.01. The van der Waals surface area contributed by atoms with Crippen LogP contribution in [0.2, 0.25) is 0 Å². The van der Waals surface area contributed by atoms with Gasteiger partial charge in [0.15, 0.2) is 12.4 Å². The molecule has 0 radical (unpaired) electrons. The summed E-state index contributed by atoms with van der Waals surface area (Å²) in [5.74, 6) is 0.991. The monoisotopic (exact) mass is 360 g/mol. The molecule has 1 heterocycles. The minimum Gasteiger partial charge on any atom is -0.497 e. The van der Waals surface area contributed by atoms with Crippen molar-refractivity contribution in [3.8, 4) is 11.5 Å². The fourth-order valence-corrected chi connectivity index (χ4v) is 2.88. The van der Waals surface area contributed by atoms with Gasteiger partial charge in [0.25, 0.3) is 0 Å². The van der Waals surface area contributed by atoms with Gasteiger partial charge in [0.1, 0.15) is 22.7 Å². The third kappa shape index (κ3) is 3.27. The van der Waals surface area contributed by atoms with Crippen molar-refractivity contribution in [1.29, 1.82) is 0 Å². The topological polar surface area (TPSA) is 65.7 Å². The highest BCUT2D eigenvalue weighted by atomic mass is 16.5. The molecule has 4 rings (SSSR count). The van der Waals surface area contributed by atoms with E-state index in [-0.39, 0.29) is 17.8 Å². The van der Waals surface area contributed by atoms with Crippen LogP contribution >= 0.6 is 0 Å². The second-order valence-electron chi connectivity index (χ2n) is 6.03. The molecule has 134 valence electrons. The van der Waals surface area contributed by atoms with E-state index in [1.807, 2.05) is 6.07 Å². The summed E-state index contributed by atoms with van der Waals surface area (Å²) in [4.78, 5) is 24.8. The predicted molar refractivity (Wildman–Crippen MR) is 103 cm³/mol. The number of ether oxygens (including phenoxy) is 2. The second-order valence-corrected chi connectivity index (χ2v) is 6.03. The van der Waals surface area contributed by atoms with E-state index in [2.05, 4.69) is 0 Å². The Morgan fingerprint density at radius 2 is 1.59 bits per heavy atom. The number of rotatable bonds is 5. The highest BCUT2D eigenvalue weighted by Crippen LogP contribution is 2.23. The van der Waals surface area contributed by atoms with Crippen molar-refractivity contribution < 1.29 is 18.7 Å². The first-order valence-electron chi connectivity index (χ1n) is 8.41. The number of methoxy groups -OCH3 is 1. The van der Waals surface area contributed by atoms with Gasteiger partial charge in [0, 0.05) is 11.6 Å². The van der Waals surface area contributed by atoms with Crippen LogP contribution in [-0.2, 0) is 0 Å². The van der Waals surface area contributed by atoms with Gasteiger partial charge in [-0.3, -0.25) is 9.59 Å². The van der Waals surface area contributed by atoms with E-state index < -0.39 is 0 Å². The highest BCUT2D eigenvalue weighted by Gasteiger charge is 2.10. The molecule has 3 aromatic carbocycles. The van der Waals surface area contributed by atoms with E-state index in [9.17, 15) is 9.59 Å². The van der Waals surface area contributed by atoms with Gasteiger partial charge in [-0.25, -0.2) is 0 Å². The smallest absolute Gasteiger partial charge is 0.200 e. The third-order valence-corrected chi connectivity index (χ3v) is 4.33. The van der Waals surface area contributed by atoms with Crippen molar-refractivity contribution in [3.63, 3.8) is 0 Å². The number of fused-ring (bicyclic) bond motifs is 2. The summed E-state index contributed by atoms with van der Waals surface area (Å²) in [6, 6.07) is 18.9. The lowest BCUT2D eigenvalue weighted by atomic mass is 10.1. The van der Waals surface area contributed by atoms with E-state index in [1.165, 1.54) is 0 Å². The number of ketones is 1. The molecule has 27 heavy (non-hydrogen) atoms. The normalized spacial score (nSPS) is 10.9. The van der Waals surface area contributed by atoms with Crippen molar-refractivity contribution in [2.45, 2.75) is 0 Å². The molecule has 4 aromatic rings. The van der Waals surface area contributed by atoms with Crippen LogP contribution in [0.25, 0.3) is 21.9 Å². The summed E-state index contributed by atoms with van der Waals surface area (Å²) < 4.78 is 16.5. The van der Waals surface area contributed by atoms with E-state index in [1.54, 1.807) is 67.8 Å². The van der Waals surface area contributed by atoms with Crippen LogP contribution < -0.4 is 14.9 Å². The molecule has 0 aliphatic heterocycles. The number of hydrogen-bond donors (Lipinski definition) is 0. The predicted octanol–water partition coefficient (Wildman–Crippen LogP) is 4.22. The quantitative estimate of drug-likeness (QED) is 0.394. The van der Waals surface area contributed by atoms with Gasteiger partial charge in [0.05, 0.1) is 17.9 Å². The van der Waals surface area contributed by atoms with E-state index >= 15 is 0 Å². The molecule has 5 heteroatoms. The van der Waals surface area contributed by atoms with Crippen LogP contribution in [0.5, 0.6) is 11.5 Å². The number of benzene rings is 3. The molecule has 0 N–H and O–H groups in total. The van der Waals surface area contributed by atoms with Crippen molar-refractivity contribution in [2.24, 2.45) is 0 Å². The van der Waals surface area contributed by atoms with E-state index in [4.69, 9.17) is 13.9 Å². The Bertz CT molecular complexity index is 1190. The Hall–Kier alpha value is -3.60. The average Bonchev–Trinajstić information content (AvgIpc) is 2.72. The molecule has 1 aromatic heterocycles. The molecule has 0 aliphatic carbocycles. The zero-order valence-corrected chi connectivity index (χ0v) is 14.6. The Labute approximate surface area is 154 Å². The van der Waals surface area contributed by atoms with Crippen molar-refractivity contribution >= 4 is 27.7 Å². The fraction of sp³-hybridized carbons (Fsp3) is 0.0909. The van der Waals surface area contributed by atoms with Crippen LogP contribution in [0.4, 0.5) is 0 Å². The Kier molecular flexibility index (Phi) is 4.34. The largest absolute Gasteiger partial charge is 0.497 e. The van der Waals surface area contributed by atoms with Crippen LogP contribution in [0.3, 0.4) is 0 Å². The van der Waals surface area contributed by atoms with Gasteiger partial charge >= 0.3 is 0 Å². The lowest BCUT2D eigenvalue weighted by Crippen LogP contribution is -2.11. The zero-order valence-electron chi connectivity index (χ0n) is 14.6. The minimum absolute atomic E-state index is 0.0901. The highest BCUT2D eigenvalue weighted by molar-refractivity contribution is 5.97. The van der Waals surface area contributed by atoms with Crippen molar-refractivity contribution in [1.82, 2.24) is 0 Å². The van der Waals surface area contributed by atoms with E-state index in [0.29, 0.717) is 39.0 Å². The SMILES string of the molecule is COc1ccc(C(=O)COc2ccc3c(=O)c4ccccc4oc3c2)cc1. The molecule has 0 fully saturated rings. The number of hydrogen-bond acceptors (Lipinski definition) is 5. The molecular formula is C22H16O5. The zero-order chi connectivity index (χ0) is 18.8. The van der Waals surface area contributed by atoms with Gasteiger partial charge in [0.2, 0.25) is 5.43 Å². The first-order valence-corrected chi connectivity index (χ1v) is 8.41. The Morgan fingerprint density at radius 3 is 2.37 bits per heavy atom. The summed E-state index contributed by atoms with van der Waals surface area (Å²) >= 11 is 0. The standard InChI is InChI=1S/C22H16O5/c1-25-15-8-6-14(7-9-15)19(23)13-26-16-10-11-18-21(12-16)27-20-5-3-2-4-17(20)22(18)24/h2-12H,13H2,1H3. The molecule has 0 bridgehead atoms. The summed E-state index contributed by atoms with van der Waals surface area (Å²) in [5.41, 5.74) is 1.39. The van der Waals surface area contributed by atoms with Crippen LogP contribution in [0.15, 0.2) is 75.9 Å². The maximum absolute atomic E-state index is 12.5. The summed E-state index contributed by atoms with van der Waals surface area (Å²) in [6.07, 6.45) is 0. The minimum atomic E-state index is -0.155. The lowest BCUT2D eigenvalue weighted by molar-refractivity contribution is 0.0921. The lowest BCUT2D eigenvalue weighted by Gasteiger charge is -2.07. The molecule has 0 saturated heterocycles. The Morgan fingerprint density at radius 1 is 0.889 bits per heavy atom. The Balaban J connectivity index is 1.57. The molecule has 0 atom stereocenters. The average molecular weight is 360 g/mol. The fourth-order valence-electron chi connectivity index (χ4n) is 2.88. The van der Waals surface area contributed by atoms with Gasteiger partial charge in [-0.2, -0.15) is 0 Å². The van der Waals surface area contributed by atoms with Crippen LogP contribution in [0, 0.1) is 0 Å². The van der Waals surface area contributed by atoms with E-state index in [0.717, 1.165) is 0 Å². The number of carbonyl (C=O) groups excluding carboxylic acids is 1. The second kappa shape index (κ2) is 6.96. The molecule has 0 aliphatic rings. The molecule has 0 spiro atoms. The molecular weight excluding hydrogens is 344 g/mol. The number of para-hydroxylation sites is 1. The van der Waals surface area contributed by atoms with Crippen LogP contribution in [0.1, 0.15) is 10.4 Å². The molecule has 5 nitrogen and oxygen atoms in total.